The van der Waals surface area contributed by atoms with Gasteiger partial charge in [0, 0.05) is 11.5 Å². The SMILES string of the molecule is O=C(CS)c1ccc2c3c1CC=C1C=CC=C(C=C2)C13. The molecule has 1 atom stereocenters. The highest BCUT2D eigenvalue weighted by molar-refractivity contribution is 7.81. The summed E-state index contributed by atoms with van der Waals surface area (Å²) >= 11 is 4.14. The third-order valence-corrected chi connectivity index (χ3v) is 4.65. The smallest absolute Gasteiger partial charge is 0.172 e. The highest BCUT2D eigenvalue weighted by Crippen LogP contribution is 2.46. The van der Waals surface area contributed by atoms with Crippen LogP contribution in [0.2, 0.25) is 0 Å². The predicted molar refractivity (Wildman–Crippen MR) is 85.4 cm³/mol. The van der Waals surface area contributed by atoms with Crippen molar-refractivity contribution in [3.05, 3.63) is 75.9 Å². The highest BCUT2D eigenvalue weighted by atomic mass is 32.1. The number of carbonyl (C=O) groups is 1. The second-order valence-electron chi connectivity index (χ2n) is 5.38. The van der Waals surface area contributed by atoms with Gasteiger partial charge < -0.3 is 0 Å². The number of carbonyl (C=O) groups excluding carboxylic acids is 1. The zero-order chi connectivity index (χ0) is 13.7. The molecule has 0 heterocycles. The van der Waals surface area contributed by atoms with Gasteiger partial charge in [0.2, 0.25) is 0 Å². The molecular formula is C18H14OS. The van der Waals surface area contributed by atoms with Gasteiger partial charge in [0.05, 0.1) is 5.75 Å². The van der Waals surface area contributed by atoms with Crippen LogP contribution in [0.25, 0.3) is 6.08 Å². The Hall–Kier alpha value is -1.80. The summed E-state index contributed by atoms with van der Waals surface area (Å²) in [5.41, 5.74) is 7.30. The van der Waals surface area contributed by atoms with Crippen LogP contribution in [0.5, 0.6) is 0 Å². The number of Topliss-reactive ketones (excluding diaryl/α,β-unsaturated/α-hetero) is 1. The number of benzene rings is 1. The zero-order valence-electron chi connectivity index (χ0n) is 11.0. The van der Waals surface area contributed by atoms with E-state index < -0.39 is 0 Å². The maximum atomic E-state index is 12.1. The minimum atomic E-state index is 0.120. The van der Waals surface area contributed by atoms with Crippen LogP contribution in [0.15, 0.2) is 53.7 Å². The molecular weight excluding hydrogens is 264 g/mol. The lowest BCUT2D eigenvalue weighted by molar-refractivity contribution is 0.102. The van der Waals surface area contributed by atoms with Crippen molar-refractivity contribution in [1.82, 2.24) is 0 Å². The van der Waals surface area contributed by atoms with E-state index in [1.165, 1.54) is 27.8 Å². The van der Waals surface area contributed by atoms with Crippen molar-refractivity contribution < 1.29 is 4.79 Å². The van der Waals surface area contributed by atoms with Crippen LogP contribution in [0.1, 0.15) is 33.0 Å². The van der Waals surface area contributed by atoms with Gasteiger partial charge in [-0.3, -0.25) is 4.79 Å². The summed E-state index contributed by atoms with van der Waals surface area (Å²) in [5.74, 6) is 0.705. The van der Waals surface area contributed by atoms with E-state index in [1.807, 2.05) is 6.07 Å². The first-order valence-corrected chi connectivity index (χ1v) is 7.49. The van der Waals surface area contributed by atoms with Crippen LogP contribution in [-0.4, -0.2) is 11.5 Å². The molecule has 0 N–H and O–H groups in total. The molecule has 98 valence electrons. The van der Waals surface area contributed by atoms with Gasteiger partial charge >= 0.3 is 0 Å². The molecule has 2 heteroatoms. The number of thiol groups is 1. The quantitative estimate of drug-likeness (QED) is 0.641. The molecule has 0 saturated carbocycles. The van der Waals surface area contributed by atoms with Gasteiger partial charge in [-0.15, -0.1) is 0 Å². The first-order chi connectivity index (χ1) is 9.79. The molecule has 0 aliphatic heterocycles. The maximum absolute atomic E-state index is 12.1. The Kier molecular flexibility index (Phi) is 2.61. The van der Waals surface area contributed by atoms with Crippen molar-refractivity contribution in [1.29, 1.82) is 0 Å². The first-order valence-electron chi connectivity index (χ1n) is 6.86. The van der Waals surface area contributed by atoms with Crippen LogP contribution >= 0.6 is 12.6 Å². The van der Waals surface area contributed by atoms with Crippen molar-refractivity contribution in [3.63, 3.8) is 0 Å². The monoisotopic (exact) mass is 278 g/mol. The Balaban J connectivity index is 2.00. The summed E-state index contributed by atoms with van der Waals surface area (Å²) in [6.07, 6.45) is 13.9. The third-order valence-electron chi connectivity index (χ3n) is 4.36. The fourth-order valence-corrected chi connectivity index (χ4v) is 3.64. The van der Waals surface area contributed by atoms with Crippen LogP contribution in [0.3, 0.4) is 0 Å². The second kappa shape index (κ2) is 4.35. The van der Waals surface area contributed by atoms with Crippen molar-refractivity contribution in [2.75, 3.05) is 5.75 Å². The van der Waals surface area contributed by atoms with E-state index in [-0.39, 0.29) is 11.5 Å². The van der Waals surface area contributed by atoms with Crippen LogP contribution in [0.4, 0.5) is 0 Å². The Labute approximate surface area is 123 Å². The van der Waals surface area contributed by atoms with Gasteiger partial charge in [-0.05, 0) is 34.3 Å². The molecule has 0 aromatic heterocycles. The number of allylic oxidation sites excluding steroid dienone is 7. The van der Waals surface area contributed by atoms with Crippen molar-refractivity contribution in [2.45, 2.75) is 12.3 Å². The summed E-state index contributed by atoms with van der Waals surface area (Å²) in [7, 11) is 0. The lowest BCUT2D eigenvalue weighted by Crippen LogP contribution is -2.20. The van der Waals surface area contributed by atoms with Crippen LogP contribution < -0.4 is 0 Å². The minimum Gasteiger partial charge on any atom is -0.293 e. The molecule has 20 heavy (non-hydrogen) atoms. The largest absolute Gasteiger partial charge is 0.293 e. The summed E-state index contributed by atoms with van der Waals surface area (Å²) in [6.45, 7) is 0. The first kappa shape index (κ1) is 12.0. The Bertz CT molecular complexity index is 747. The number of rotatable bonds is 2. The summed E-state index contributed by atoms with van der Waals surface area (Å²) < 4.78 is 0. The fraction of sp³-hybridized carbons (Fsp3) is 0.167. The Morgan fingerprint density at radius 2 is 2.10 bits per heavy atom. The maximum Gasteiger partial charge on any atom is 0.172 e. The van der Waals surface area contributed by atoms with Gasteiger partial charge in [0.1, 0.15) is 0 Å². The molecule has 0 radical (unpaired) electrons. The van der Waals surface area contributed by atoms with Crippen molar-refractivity contribution in [3.8, 4) is 0 Å². The molecule has 0 fully saturated rings. The third kappa shape index (κ3) is 1.55. The molecule has 1 nitrogen and oxygen atoms in total. The average molecular weight is 278 g/mol. The molecule has 1 aromatic carbocycles. The molecule has 1 unspecified atom stereocenters. The lowest BCUT2D eigenvalue weighted by Gasteiger charge is -2.33. The Morgan fingerprint density at radius 3 is 2.95 bits per heavy atom. The van der Waals surface area contributed by atoms with E-state index in [0.29, 0.717) is 5.92 Å². The topological polar surface area (TPSA) is 17.1 Å². The zero-order valence-corrected chi connectivity index (χ0v) is 11.9. The fourth-order valence-electron chi connectivity index (χ4n) is 3.47. The van der Waals surface area contributed by atoms with Gasteiger partial charge in [0.25, 0.3) is 0 Å². The van der Waals surface area contributed by atoms with E-state index in [9.17, 15) is 4.79 Å². The van der Waals surface area contributed by atoms with Gasteiger partial charge in [-0.25, -0.2) is 0 Å². The van der Waals surface area contributed by atoms with Gasteiger partial charge in [-0.1, -0.05) is 48.6 Å². The molecule has 3 aliphatic rings. The molecule has 0 spiro atoms. The van der Waals surface area contributed by atoms with Crippen molar-refractivity contribution in [2.24, 2.45) is 0 Å². The predicted octanol–water partition coefficient (Wildman–Crippen LogP) is 3.89. The molecule has 4 rings (SSSR count). The van der Waals surface area contributed by atoms with Crippen LogP contribution in [-0.2, 0) is 6.42 Å². The molecule has 0 saturated heterocycles. The average Bonchev–Trinajstić information content (AvgIpc) is 2.51. The van der Waals surface area contributed by atoms with Gasteiger partial charge in [-0.2, -0.15) is 12.6 Å². The minimum absolute atomic E-state index is 0.120. The van der Waals surface area contributed by atoms with Crippen LogP contribution in [0, 0.1) is 0 Å². The number of ketones is 1. The Morgan fingerprint density at radius 1 is 1.20 bits per heavy atom. The summed E-state index contributed by atoms with van der Waals surface area (Å²) in [4.78, 5) is 12.1. The van der Waals surface area contributed by atoms with Gasteiger partial charge in [0.15, 0.2) is 5.78 Å². The molecule has 3 aliphatic carbocycles. The normalized spacial score (nSPS) is 21.1. The number of hydrogen-bond donors (Lipinski definition) is 1. The number of hydrogen-bond acceptors (Lipinski definition) is 2. The molecule has 1 aromatic rings. The molecule has 0 bridgehead atoms. The molecule has 0 amide bonds. The van der Waals surface area contributed by atoms with E-state index >= 15 is 0 Å². The van der Waals surface area contributed by atoms with E-state index in [2.05, 4.69) is 55.2 Å². The van der Waals surface area contributed by atoms with E-state index in [0.717, 1.165) is 12.0 Å². The second-order valence-corrected chi connectivity index (χ2v) is 5.69. The summed E-state index contributed by atoms with van der Waals surface area (Å²) in [6, 6.07) is 4.04. The lowest BCUT2D eigenvalue weighted by atomic mass is 9.70. The summed E-state index contributed by atoms with van der Waals surface area (Å²) in [5, 5.41) is 0. The van der Waals surface area contributed by atoms with E-state index in [4.69, 9.17) is 0 Å². The standard InChI is InChI=1S/C18H14OS/c19-16(10-20)14-8-6-13-5-4-11-2-1-3-12-7-9-15(14)18(13)17(11)12/h1-8,17,20H,9-10H2. The van der Waals surface area contributed by atoms with E-state index in [1.54, 1.807) is 0 Å². The highest BCUT2D eigenvalue weighted by Gasteiger charge is 2.31. The van der Waals surface area contributed by atoms with Crippen molar-refractivity contribution >= 4 is 24.5 Å².